The summed E-state index contributed by atoms with van der Waals surface area (Å²) in [4.78, 5) is 28.5. The molecule has 0 bridgehead atoms. The second kappa shape index (κ2) is 9.04. The third-order valence-electron chi connectivity index (χ3n) is 4.55. The number of hydrogen-bond acceptors (Lipinski definition) is 5. The van der Waals surface area contributed by atoms with Gasteiger partial charge in [0, 0.05) is 35.1 Å². The predicted octanol–water partition coefficient (Wildman–Crippen LogP) is 4.25. The zero-order chi connectivity index (χ0) is 21.6. The van der Waals surface area contributed by atoms with Gasteiger partial charge >= 0.3 is 5.97 Å². The Morgan fingerprint density at radius 1 is 1.06 bits per heavy atom. The van der Waals surface area contributed by atoms with Crippen molar-refractivity contribution < 1.29 is 14.3 Å². The van der Waals surface area contributed by atoms with Crippen LogP contribution in [0, 0.1) is 0 Å². The van der Waals surface area contributed by atoms with Crippen molar-refractivity contribution in [2.75, 3.05) is 11.9 Å². The van der Waals surface area contributed by atoms with Crippen LogP contribution < -0.4 is 5.32 Å². The summed E-state index contributed by atoms with van der Waals surface area (Å²) in [5.41, 5.74) is 3.37. The number of pyridine rings is 1. The molecule has 1 N–H and O–H groups in total. The Morgan fingerprint density at radius 3 is 2.68 bits per heavy atom. The molecule has 0 fully saturated rings. The third kappa shape index (κ3) is 4.67. The van der Waals surface area contributed by atoms with E-state index in [0.29, 0.717) is 12.3 Å². The molecule has 0 saturated heterocycles. The summed E-state index contributed by atoms with van der Waals surface area (Å²) in [7, 11) is 0. The molecule has 2 heterocycles. The van der Waals surface area contributed by atoms with Crippen molar-refractivity contribution in [1.82, 2.24) is 14.8 Å². The average molecular weight is 412 g/mol. The molecule has 0 unspecified atom stereocenters. The van der Waals surface area contributed by atoms with Crippen molar-refractivity contribution in [3.8, 4) is 5.69 Å². The molecule has 0 radical (unpaired) electrons. The van der Waals surface area contributed by atoms with E-state index in [0.717, 1.165) is 22.2 Å². The van der Waals surface area contributed by atoms with Crippen LogP contribution in [0.15, 0.2) is 79.1 Å². The van der Waals surface area contributed by atoms with E-state index in [9.17, 15) is 9.59 Å². The molecule has 31 heavy (non-hydrogen) atoms. The Morgan fingerprint density at radius 2 is 1.87 bits per heavy atom. The van der Waals surface area contributed by atoms with Gasteiger partial charge < -0.3 is 10.1 Å². The van der Waals surface area contributed by atoms with Gasteiger partial charge in [0.15, 0.2) is 5.69 Å². The molecule has 0 aliphatic rings. The minimum atomic E-state index is -0.460. The van der Waals surface area contributed by atoms with Crippen LogP contribution in [0.25, 0.3) is 22.7 Å². The molecule has 0 atom stereocenters. The SMILES string of the molecule is CCOC(=O)c1ccn(-c2ccc(NC(=O)/C=C/c3cccc4cccnc34)cc2)n1. The number of amides is 1. The summed E-state index contributed by atoms with van der Waals surface area (Å²) in [5, 5.41) is 8.06. The van der Waals surface area contributed by atoms with Crippen molar-refractivity contribution >= 4 is 34.5 Å². The maximum atomic E-state index is 12.3. The summed E-state index contributed by atoms with van der Waals surface area (Å²) in [5.74, 6) is -0.706. The van der Waals surface area contributed by atoms with Crippen LogP contribution in [0.1, 0.15) is 23.0 Å². The van der Waals surface area contributed by atoms with Gasteiger partial charge in [0.25, 0.3) is 0 Å². The number of anilines is 1. The molecule has 7 heteroatoms. The van der Waals surface area contributed by atoms with Crippen molar-refractivity contribution in [3.63, 3.8) is 0 Å². The Balaban J connectivity index is 1.42. The lowest BCUT2D eigenvalue weighted by molar-refractivity contribution is -0.111. The Hall–Kier alpha value is -4.26. The van der Waals surface area contributed by atoms with Gasteiger partial charge in [0.1, 0.15) is 0 Å². The number of nitrogens with zero attached hydrogens (tertiary/aromatic N) is 3. The van der Waals surface area contributed by atoms with E-state index >= 15 is 0 Å². The lowest BCUT2D eigenvalue weighted by atomic mass is 10.1. The summed E-state index contributed by atoms with van der Waals surface area (Å²) in [6.07, 6.45) is 6.65. The molecular weight excluding hydrogens is 392 g/mol. The predicted molar refractivity (Wildman–Crippen MR) is 119 cm³/mol. The van der Waals surface area contributed by atoms with Crippen LogP contribution in [-0.4, -0.2) is 33.2 Å². The minimum Gasteiger partial charge on any atom is -0.461 e. The molecule has 2 aromatic carbocycles. The van der Waals surface area contributed by atoms with E-state index in [1.807, 2.05) is 30.3 Å². The lowest BCUT2D eigenvalue weighted by Crippen LogP contribution is -2.08. The molecule has 2 aromatic heterocycles. The van der Waals surface area contributed by atoms with Gasteiger partial charge in [-0.3, -0.25) is 9.78 Å². The smallest absolute Gasteiger partial charge is 0.358 e. The van der Waals surface area contributed by atoms with Crippen LogP contribution >= 0.6 is 0 Å². The fourth-order valence-corrected chi connectivity index (χ4v) is 3.09. The van der Waals surface area contributed by atoms with E-state index < -0.39 is 5.97 Å². The van der Waals surface area contributed by atoms with Crippen LogP contribution in [0.2, 0.25) is 0 Å². The van der Waals surface area contributed by atoms with Crippen LogP contribution in [0.3, 0.4) is 0 Å². The highest BCUT2D eigenvalue weighted by Crippen LogP contribution is 2.18. The van der Waals surface area contributed by atoms with Gasteiger partial charge in [-0.15, -0.1) is 0 Å². The molecule has 7 nitrogen and oxygen atoms in total. The second-order valence-corrected chi connectivity index (χ2v) is 6.66. The first-order valence-electron chi connectivity index (χ1n) is 9.80. The molecule has 0 aliphatic carbocycles. The normalized spacial score (nSPS) is 11.0. The van der Waals surface area contributed by atoms with E-state index in [4.69, 9.17) is 4.74 Å². The minimum absolute atomic E-state index is 0.243. The number of hydrogen-bond donors (Lipinski definition) is 1. The van der Waals surface area contributed by atoms with E-state index in [1.54, 1.807) is 60.4 Å². The first-order valence-corrected chi connectivity index (χ1v) is 9.80. The fraction of sp³-hybridized carbons (Fsp3) is 0.0833. The van der Waals surface area contributed by atoms with Gasteiger partial charge in [-0.05, 0) is 49.4 Å². The number of aromatic nitrogens is 3. The van der Waals surface area contributed by atoms with Crippen LogP contribution in [-0.2, 0) is 9.53 Å². The number of benzene rings is 2. The number of carbonyl (C=O) groups is 2. The fourth-order valence-electron chi connectivity index (χ4n) is 3.09. The van der Waals surface area contributed by atoms with Crippen molar-refractivity contribution in [2.24, 2.45) is 0 Å². The topological polar surface area (TPSA) is 86.1 Å². The van der Waals surface area contributed by atoms with Gasteiger partial charge in [0.2, 0.25) is 5.91 Å². The first kappa shape index (κ1) is 20.0. The van der Waals surface area contributed by atoms with Gasteiger partial charge in [0.05, 0.1) is 17.8 Å². The van der Waals surface area contributed by atoms with Gasteiger partial charge in [-0.1, -0.05) is 24.3 Å². The molecule has 4 rings (SSSR count). The Kier molecular flexibility index (Phi) is 5.84. The lowest BCUT2D eigenvalue weighted by Gasteiger charge is -2.05. The quantitative estimate of drug-likeness (QED) is 0.378. The number of esters is 1. The first-order chi connectivity index (χ1) is 15.1. The number of para-hydroxylation sites is 1. The summed E-state index contributed by atoms with van der Waals surface area (Å²) in [6.45, 7) is 2.04. The van der Waals surface area contributed by atoms with Crippen molar-refractivity contribution in [2.45, 2.75) is 6.92 Å². The third-order valence-corrected chi connectivity index (χ3v) is 4.55. The van der Waals surface area contributed by atoms with Gasteiger partial charge in [-0.2, -0.15) is 5.10 Å². The number of carbonyl (C=O) groups excluding carboxylic acids is 2. The van der Waals surface area contributed by atoms with Crippen LogP contribution in [0.4, 0.5) is 5.69 Å². The molecule has 0 aliphatic heterocycles. The summed E-state index contributed by atoms with van der Waals surface area (Å²) >= 11 is 0. The van der Waals surface area contributed by atoms with Crippen molar-refractivity contribution in [3.05, 3.63) is 90.4 Å². The molecule has 4 aromatic rings. The van der Waals surface area contributed by atoms with E-state index in [1.165, 1.54) is 6.08 Å². The van der Waals surface area contributed by atoms with Crippen LogP contribution in [0.5, 0.6) is 0 Å². The van der Waals surface area contributed by atoms with E-state index in [2.05, 4.69) is 15.4 Å². The molecular formula is C24H20N4O3. The molecule has 154 valence electrons. The average Bonchev–Trinajstić information content (AvgIpc) is 3.29. The largest absolute Gasteiger partial charge is 0.461 e. The standard InChI is InChI=1S/C24H20N4O3/c1-2-31-24(30)21-14-16-28(27-21)20-11-9-19(10-12-20)26-22(29)13-8-18-6-3-5-17-7-4-15-25-23(17)18/h3-16H,2H2,1H3,(H,26,29)/b13-8+. The number of nitrogens with one attached hydrogen (secondary N) is 1. The highest BCUT2D eigenvalue weighted by molar-refractivity contribution is 6.03. The number of fused-ring (bicyclic) bond motifs is 1. The Bertz CT molecular complexity index is 1250. The van der Waals surface area contributed by atoms with E-state index in [-0.39, 0.29) is 11.6 Å². The molecule has 0 saturated carbocycles. The molecule has 0 spiro atoms. The Labute approximate surface area is 179 Å². The monoisotopic (exact) mass is 412 g/mol. The molecule has 1 amide bonds. The number of rotatable bonds is 6. The summed E-state index contributed by atoms with van der Waals surface area (Å²) < 4.78 is 6.52. The second-order valence-electron chi connectivity index (χ2n) is 6.66. The summed E-state index contributed by atoms with van der Waals surface area (Å²) in [6, 6.07) is 18.4. The zero-order valence-corrected chi connectivity index (χ0v) is 16.9. The van der Waals surface area contributed by atoms with Gasteiger partial charge in [-0.25, -0.2) is 9.48 Å². The highest BCUT2D eigenvalue weighted by Gasteiger charge is 2.11. The van der Waals surface area contributed by atoms with Crippen molar-refractivity contribution in [1.29, 1.82) is 0 Å². The zero-order valence-electron chi connectivity index (χ0n) is 16.9. The maximum Gasteiger partial charge on any atom is 0.358 e. The number of ether oxygens (including phenoxy) is 1. The maximum absolute atomic E-state index is 12.3. The highest BCUT2D eigenvalue weighted by atomic mass is 16.5.